The number of halogens is 9. The van der Waals surface area contributed by atoms with Gasteiger partial charge in [-0.2, -0.15) is 30.7 Å². The minimum absolute atomic E-state index is 4.46. The van der Waals surface area contributed by atoms with E-state index in [2.05, 4.69) is 0 Å². The third-order valence-electron chi connectivity index (χ3n) is 1.95. The monoisotopic (exact) mass is 232 g/mol. The van der Waals surface area contributed by atoms with Gasteiger partial charge in [0.2, 0.25) is 6.17 Å². The van der Waals surface area contributed by atoms with Crippen molar-refractivity contribution in [1.29, 1.82) is 0 Å². The second-order valence-corrected chi connectivity index (χ2v) is 2.76. The maximum atomic E-state index is 12.4. The molecule has 0 N–H and O–H groups in total. The van der Waals surface area contributed by atoms with Gasteiger partial charge >= 0.3 is 23.7 Å². The molecule has 1 fully saturated rings. The highest BCUT2D eigenvalue weighted by atomic mass is 19.4. The van der Waals surface area contributed by atoms with Gasteiger partial charge in [-0.05, 0) is 0 Å². The molecule has 0 amide bonds. The Kier molecular flexibility index (Phi) is 1.88. The quantitative estimate of drug-likeness (QED) is 0.563. The summed E-state index contributed by atoms with van der Waals surface area (Å²) in [5.41, 5.74) is -6.12. The predicted octanol–water partition coefficient (Wildman–Crippen LogP) is 2.88. The van der Waals surface area contributed by atoms with E-state index in [9.17, 15) is 39.5 Å². The maximum absolute atomic E-state index is 12.4. The highest BCUT2D eigenvalue weighted by molar-refractivity contribution is 5.26. The molecule has 1 aliphatic rings. The zero-order valence-electron chi connectivity index (χ0n) is 5.98. The standard InChI is InChI=1S/C5HF9/c6-1-2(7,8)4(11,3(1,9)10)5(12,13)14/h1H. The summed E-state index contributed by atoms with van der Waals surface area (Å²) in [4.78, 5) is 0. The number of hydrogen-bond donors (Lipinski definition) is 0. The minimum Gasteiger partial charge on any atom is -0.234 e. The van der Waals surface area contributed by atoms with Gasteiger partial charge in [-0.1, -0.05) is 0 Å². The lowest BCUT2D eigenvalue weighted by Gasteiger charge is -2.51. The highest BCUT2D eigenvalue weighted by Gasteiger charge is 2.98. The summed E-state index contributed by atoms with van der Waals surface area (Å²) in [5, 5.41) is 0. The van der Waals surface area contributed by atoms with Gasteiger partial charge in [0, 0.05) is 0 Å². The Hall–Kier alpha value is -0.630. The molecular weight excluding hydrogens is 231 g/mol. The smallest absolute Gasteiger partial charge is 0.234 e. The van der Waals surface area contributed by atoms with Gasteiger partial charge in [-0.25, -0.2) is 8.78 Å². The Morgan fingerprint density at radius 3 is 1.21 bits per heavy atom. The molecule has 1 rings (SSSR count). The van der Waals surface area contributed by atoms with Gasteiger partial charge in [0.15, 0.2) is 0 Å². The van der Waals surface area contributed by atoms with E-state index >= 15 is 0 Å². The summed E-state index contributed by atoms with van der Waals surface area (Å²) in [6.45, 7) is 0. The Morgan fingerprint density at radius 1 is 0.786 bits per heavy atom. The second-order valence-electron chi connectivity index (χ2n) is 2.76. The van der Waals surface area contributed by atoms with Crippen LogP contribution >= 0.6 is 0 Å². The van der Waals surface area contributed by atoms with Gasteiger partial charge in [-0.15, -0.1) is 0 Å². The number of alkyl halides is 9. The molecular formula is C5HF9. The van der Waals surface area contributed by atoms with Crippen LogP contribution in [0.2, 0.25) is 0 Å². The molecule has 14 heavy (non-hydrogen) atoms. The first-order valence-electron chi connectivity index (χ1n) is 3.06. The molecule has 0 nitrogen and oxygen atoms in total. The van der Waals surface area contributed by atoms with E-state index in [0.717, 1.165) is 0 Å². The van der Waals surface area contributed by atoms with Crippen molar-refractivity contribution < 1.29 is 39.5 Å². The van der Waals surface area contributed by atoms with Crippen molar-refractivity contribution >= 4 is 0 Å². The molecule has 0 spiro atoms. The lowest BCUT2D eigenvalue weighted by molar-refractivity contribution is -0.457. The van der Waals surface area contributed by atoms with Gasteiger partial charge < -0.3 is 0 Å². The molecule has 84 valence electrons. The van der Waals surface area contributed by atoms with Gasteiger partial charge in [-0.3, -0.25) is 0 Å². The summed E-state index contributed by atoms with van der Waals surface area (Å²) in [5.74, 6) is -11.5. The zero-order chi connectivity index (χ0) is 11.6. The molecule has 0 aliphatic heterocycles. The van der Waals surface area contributed by atoms with Crippen molar-refractivity contribution in [3.05, 3.63) is 0 Å². The lowest BCUT2D eigenvalue weighted by atomic mass is 9.71. The average molecular weight is 232 g/mol. The molecule has 1 saturated carbocycles. The Labute approximate surface area is 70.7 Å². The van der Waals surface area contributed by atoms with Crippen LogP contribution in [0.1, 0.15) is 0 Å². The van der Waals surface area contributed by atoms with Crippen LogP contribution in [0.25, 0.3) is 0 Å². The molecule has 0 aromatic heterocycles. The SMILES string of the molecule is FC1C(F)(F)C(F)(C(F)(F)F)C1(F)F. The summed E-state index contributed by atoms with van der Waals surface area (Å²) in [7, 11) is 0. The molecule has 0 heterocycles. The van der Waals surface area contributed by atoms with Crippen LogP contribution in [-0.4, -0.2) is 29.9 Å². The average Bonchev–Trinajstić information content (AvgIpc) is 1.98. The van der Waals surface area contributed by atoms with Gasteiger partial charge in [0.05, 0.1) is 0 Å². The van der Waals surface area contributed by atoms with Crippen molar-refractivity contribution in [3.8, 4) is 0 Å². The van der Waals surface area contributed by atoms with Crippen molar-refractivity contribution in [3.63, 3.8) is 0 Å². The van der Waals surface area contributed by atoms with E-state index in [1.54, 1.807) is 0 Å². The molecule has 0 radical (unpaired) electrons. The third-order valence-corrected chi connectivity index (χ3v) is 1.95. The molecule has 0 atom stereocenters. The van der Waals surface area contributed by atoms with Crippen LogP contribution in [-0.2, 0) is 0 Å². The molecule has 0 aromatic rings. The van der Waals surface area contributed by atoms with Crippen molar-refractivity contribution in [2.75, 3.05) is 0 Å². The van der Waals surface area contributed by atoms with E-state index < -0.39 is 29.9 Å². The summed E-state index contributed by atoms with van der Waals surface area (Å²) < 4.78 is 107. The topological polar surface area (TPSA) is 0 Å². The van der Waals surface area contributed by atoms with Crippen LogP contribution in [0, 0.1) is 0 Å². The fourth-order valence-electron chi connectivity index (χ4n) is 1.10. The van der Waals surface area contributed by atoms with E-state index in [-0.39, 0.29) is 0 Å². The van der Waals surface area contributed by atoms with E-state index in [1.807, 2.05) is 0 Å². The largest absolute Gasteiger partial charge is 0.434 e. The van der Waals surface area contributed by atoms with Crippen LogP contribution in [0.15, 0.2) is 0 Å². The fourth-order valence-corrected chi connectivity index (χ4v) is 1.10. The van der Waals surface area contributed by atoms with Crippen molar-refractivity contribution in [2.24, 2.45) is 0 Å². The molecule has 0 saturated heterocycles. The Morgan fingerprint density at radius 2 is 1.07 bits per heavy atom. The lowest BCUT2D eigenvalue weighted by Crippen LogP contribution is -2.83. The van der Waals surface area contributed by atoms with Crippen molar-refractivity contribution in [1.82, 2.24) is 0 Å². The first kappa shape index (κ1) is 11.4. The highest BCUT2D eigenvalue weighted by Crippen LogP contribution is 2.66. The summed E-state index contributed by atoms with van der Waals surface area (Å²) >= 11 is 0. The Bertz CT molecular complexity index is 234. The van der Waals surface area contributed by atoms with E-state index in [0.29, 0.717) is 0 Å². The third kappa shape index (κ3) is 0.830. The zero-order valence-corrected chi connectivity index (χ0v) is 5.98. The van der Waals surface area contributed by atoms with Crippen LogP contribution in [0.4, 0.5) is 39.5 Å². The van der Waals surface area contributed by atoms with E-state index in [4.69, 9.17) is 0 Å². The van der Waals surface area contributed by atoms with Crippen LogP contribution in [0.3, 0.4) is 0 Å². The van der Waals surface area contributed by atoms with Crippen LogP contribution in [0.5, 0.6) is 0 Å². The minimum atomic E-state index is -6.53. The molecule has 0 aromatic carbocycles. The second kappa shape index (κ2) is 2.30. The molecule has 1 aliphatic carbocycles. The Balaban J connectivity index is 3.23. The predicted molar refractivity (Wildman–Crippen MR) is 24.7 cm³/mol. The number of rotatable bonds is 0. The molecule has 0 unspecified atom stereocenters. The van der Waals surface area contributed by atoms with Crippen LogP contribution < -0.4 is 0 Å². The van der Waals surface area contributed by atoms with E-state index in [1.165, 1.54) is 0 Å². The first-order valence-corrected chi connectivity index (χ1v) is 3.06. The molecule has 0 bridgehead atoms. The number of hydrogen-bond acceptors (Lipinski definition) is 0. The van der Waals surface area contributed by atoms with Gasteiger partial charge in [0.1, 0.15) is 0 Å². The van der Waals surface area contributed by atoms with Gasteiger partial charge in [0.25, 0.3) is 0 Å². The van der Waals surface area contributed by atoms with Crippen molar-refractivity contribution in [2.45, 2.75) is 29.9 Å². The maximum Gasteiger partial charge on any atom is 0.434 e. The fraction of sp³-hybridized carbons (Fsp3) is 1.00. The summed E-state index contributed by atoms with van der Waals surface area (Å²) in [6.07, 6.45) is -11.0. The first-order chi connectivity index (χ1) is 5.90. The molecule has 9 heteroatoms. The normalized spacial score (nSPS) is 40.5. The summed E-state index contributed by atoms with van der Waals surface area (Å²) in [6, 6.07) is 0.